The molecule has 7 heteroatoms. The Kier molecular flexibility index (Phi) is 5.54. The van der Waals surface area contributed by atoms with Gasteiger partial charge in [0.2, 0.25) is 0 Å². The van der Waals surface area contributed by atoms with Crippen LogP contribution in [0.15, 0.2) is 48.5 Å². The summed E-state index contributed by atoms with van der Waals surface area (Å²) >= 11 is 5.73. The van der Waals surface area contributed by atoms with Gasteiger partial charge in [0.25, 0.3) is 11.8 Å². The van der Waals surface area contributed by atoms with Crippen molar-refractivity contribution >= 4 is 23.4 Å². The Balaban J connectivity index is 1.87. The molecule has 0 saturated heterocycles. The third kappa shape index (κ3) is 4.69. The van der Waals surface area contributed by atoms with E-state index in [4.69, 9.17) is 16.3 Å². The van der Waals surface area contributed by atoms with Crippen molar-refractivity contribution in [1.82, 2.24) is 10.9 Å². The summed E-state index contributed by atoms with van der Waals surface area (Å²) in [6.45, 7) is 1.44. The van der Waals surface area contributed by atoms with Crippen molar-refractivity contribution in [3.05, 3.63) is 64.9 Å². The molecule has 2 aromatic rings. The number of hydrogen-bond acceptors (Lipinski definition) is 3. The van der Waals surface area contributed by atoms with Crippen molar-refractivity contribution in [2.45, 2.75) is 13.0 Å². The van der Waals surface area contributed by atoms with E-state index in [0.29, 0.717) is 10.6 Å². The minimum atomic E-state index is -0.989. The molecule has 0 aliphatic carbocycles. The minimum Gasteiger partial charge on any atom is -0.478 e. The fourth-order valence-corrected chi connectivity index (χ4v) is 1.80. The number of ether oxygens (including phenoxy) is 1. The molecule has 0 spiro atoms. The number of para-hydroxylation sites is 1. The van der Waals surface area contributed by atoms with Gasteiger partial charge < -0.3 is 4.74 Å². The molecule has 2 amide bonds. The van der Waals surface area contributed by atoms with Crippen LogP contribution in [0.1, 0.15) is 17.3 Å². The molecule has 2 N–H and O–H groups in total. The van der Waals surface area contributed by atoms with Crippen molar-refractivity contribution in [1.29, 1.82) is 0 Å². The number of amides is 2. The molecule has 0 fully saturated rings. The van der Waals surface area contributed by atoms with E-state index in [-0.39, 0.29) is 5.75 Å². The van der Waals surface area contributed by atoms with Gasteiger partial charge in [-0.15, -0.1) is 0 Å². The van der Waals surface area contributed by atoms with Crippen molar-refractivity contribution in [2.75, 3.05) is 0 Å². The maximum Gasteiger partial charge on any atom is 0.279 e. The monoisotopic (exact) mass is 336 g/mol. The predicted molar refractivity (Wildman–Crippen MR) is 83.6 cm³/mol. The first-order valence-corrected chi connectivity index (χ1v) is 7.12. The molecule has 1 atom stereocenters. The summed E-state index contributed by atoms with van der Waals surface area (Å²) in [6.07, 6.45) is -0.989. The summed E-state index contributed by atoms with van der Waals surface area (Å²) in [7, 11) is 0. The van der Waals surface area contributed by atoms with Crippen LogP contribution in [0.4, 0.5) is 4.39 Å². The second-order valence-electron chi connectivity index (χ2n) is 4.64. The Morgan fingerprint density at radius 1 is 1.09 bits per heavy atom. The Morgan fingerprint density at radius 3 is 2.39 bits per heavy atom. The average molecular weight is 337 g/mol. The van der Waals surface area contributed by atoms with Crippen molar-refractivity contribution in [2.24, 2.45) is 0 Å². The predicted octanol–water partition coefficient (Wildman–Crippen LogP) is 2.71. The molecule has 23 heavy (non-hydrogen) atoms. The lowest BCUT2D eigenvalue weighted by Crippen LogP contribution is -2.47. The van der Waals surface area contributed by atoms with Crippen LogP contribution in [0, 0.1) is 5.82 Å². The summed E-state index contributed by atoms with van der Waals surface area (Å²) in [6, 6.07) is 11.9. The zero-order chi connectivity index (χ0) is 16.8. The first kappa shape index (κ1) is 16.8. The van der Waals surface area contributed by atoms with E-state index in [9.17, 15) is 14.0 Å². The third-order valence-corrected chi connectivity index (χ3v) is 3.17. The number of benzene rings is 2. The van der Waals surface area contributed by atoms with Crippen LogP contribution in [-0.2, 0) is 4.79 Å². The maximum absolute atomic E-state index is 13.4. The van der Waals surface area contributed by atoms with E-state index in [1.54, 1.807) is 18.2 Å². The Bertz CT molecular complexity index is 707. The highest BCUT2D eigenvalue weighted by Gasteiger charge is 2.17. The Hall–Kier alpha value is -2.60. The van der Waals surface area contributed by atoms with Crippen LogP contribution in [0.2, 0.25) is 5.02 Å². The van der Waals surface area contributed by atoms with Gasteiger partial charge in [-0.3, -0.25) is 20.4 Å². The quantitative estimate of drug-likeness (QED) is 0.844. The molecule has 0 saturated carbocycles. The Labute approximate surface area is 137 Å². The van der Waals surface area contributed by atoms with E-state index >= 15 is 0 Å². The van der Waals surface area contributed by atoms with Crippen LogP contribution >= 0.6 is 11.6 Å². The molecule has 0 aliphatic heterocycles. The van der Waals surface area contributed by atoms with E-state index in [0.717, 1.165) is 0 Å². The summed E-state index contributed by atoms with van der Waals surface area (Å²) < 4.78 is 18.6. The minimum absolute atomic E-state index is 0.0424. The number of halogens is 2. The Morgan fingerprint density at radius 2 is 1.74 bits per heavy atom. The van der Waals surface area contributed by atoms with Gasteiger partial charge in [-0.1, -0.05) is 23.7 Å². The maximum atomic E-state index is 13.4. The highest BCUT2D eigenvalue weighted by molar-refractivity contribution is 6.30. The number of rotatable bonds is 4. The lowest BCUT2D eigenvalue weighted by Gasteiger charge is -2.15. The van der Waals surface area contributed by atoms with Gasteiger partial charge in [-0.05, 0) is 43.3 Å². The van der Waals surface area contributed by atoms with Gasteiger partial charge >= 0.3 is 0 Å². The molecule has 0 aliphatic rings. The zero-order valence-electron chi connectivity index (χ0n) is 12.2. The van der Waals surface area contributed by atoms with Gasteiger partial charge in [0.15, 0.2) is 17.7 Å². The van der Waals surface area contributed by atoms with Crippen LogP contribution in [0.5, 0.6) is 5.75 Å². The van der Waals surface area contributed by atoms with E-state index < -0.39 is 23.7 Å². The lowest BCUT2D eigenvalue weighted by atomic mass is 10.2. The number of nitrogens with one attached hydrogen (secondary N) is 2. The molecule has 0 unspecified atom stereocenters. The van der Waals surface area contributed by atoms with Crippen molar-refractivity contribution in [3.8, 4) is 5.75 Å². The van der Waals surface area contributed by atoms with E-state index in [1.807, 2.05) is 0 Å². The highest BCUT2D eigenvalue weighted by Crippen LogP contribution is 2.16. The summed E-state index contributed by atoms with van der Waals surface area (Å²) in [4.78, 5) is 23.7. The second kappa shape index (κ2) is 7.60. The summed E-state index contributed by atoms with van der Waals surface area (Å²) in [5, 5.41) is 0.498. The SMILES string of the molecule is C[C@H](Oc1ccccc1F)C(=O)NNC(=O)c1ccc(Cl)cc1. The first-order valence-electron chi connectivity index (χ1n) is 6.74. The van der Waals surface area contributed by atoms with E-state index in [1.165, 1.54) is 37.3 Å². The molecule has 120 valence electrons. The second-order valence-corrected chi connectivity index (χ2v) is 5.08. The average Bonchev–Trinajstić information content (AvgIpc) is 2.55. The van der Waals surface area contributed by atoms with Gasteiger partial charge in [0, 0.05) is 10.6 Å². The number of carbonyl (C=O) groups is 2. The standard InChI is InChI=1S/C16H14ClFN2O3/c1-10(23-14-5-3-2-4-13(14)18)15(21)19-20-16(22)11-6-8-12(17)9-7-11/h2-10H,1H3,(H,19,21)(H,20,22)/t10-/m0/s1. The normalized spacial score (nSPS) is 11.4. The highest BCUT2D eigenvalue weighted by atomic mass is 35.5. The van der Waals surface area contributed by atoms with Gasteiger partial charge in [-0.2, -0.15) is 0 Å². The third-order valence-electron chi connectivity index (χ3n) is 2.92. The molecule has 0 radical (unpaired) electrons. The lowest BCUT2D eigenvalue weighted by molar-refractivity contribution is -0.128. The van der Waals surface area contributed by atoms with Crippen LogP contribution in [0.25, 0.3) is 0 Å². The molecule has 5 nitrogen and oxygen atoms in total. The van der Waals surface area contributed by atoms with Crippen LogP contribution < -0.4 is 15.6 Å². The fraction of sp³-hybridized carbons (Fsp3) is 0.125. The van der Waals surface area contributed by atoms with Crippen molar-refractivity contribution in [3.63, 3.8) is 0 Å². The van der Waals surface area contributed by atoms with Crippen molar-refractivity contribution < 1.29 is 18.7 Å². The van der Waals surface area contributed by atoms with Gasteiger partial charge in [0.1, 0.15) is 0 Å². The number of carbonyl (C=O) groups excluding carboxylic acids is 2. The van der Waals surface area contributed by atoms with Gasteiger partial charge in [0.05, 0.1) is 0 Å². The summed E-state index contributed by atoms with van der Waals surface area (Å²) in [5.41, 5.74) is 4.79. The molecular formula is C16H14ClFN2O3. The topological polar surface area (TPSA) is 67.4 Å². The fourth-order valence-electron chi connectivity index (χ4n) is 1.68. The molecule has 0 heterocycles. The van der Waals surface area contributed by atoms with E-state index in [2.05, 4.69) is 10.9 Å². The number of hydrazine groups is 1. The molecule has 2 aromatic carbocycles. The molecule has 2 rings (SSSR count). The smallest absolute Gasteiger partial charge is 0.279 e. The van der Waals surface area contributed by atoms with Crippen LogP contribution in [0.3, 0.4) is 0 Å². The number of hydrogen-bond donors (Lipinski definition) is 2. The summed E-state index contributed by atoms with van der Waals surface area (Å²) in [5.74, 6) is -1.74. The zero-order valence-corrected chi connectivity index (χ0v) is 12.9. The molecule has 0 bridgehead atoms. The molecule has 0 aromatic heterocycles. The van der Waals surface area contributed by atoms with Crippen LogP contribution in [-0.4, -0.2) is 17.9 Å². The largest absolute Gasteiger partial charge is 0.478 e. The van der Waals surface area contributed by atoms with Gasteiger partial charge in [-0.25, -0.2) is 4.39 Å². The first-order chi connectivity index (χ1) is 11.0. The molecular weight excluding hydrogens is 323 g/mol.